The molecule has 1 nitrogen and oxygen atoms in total. The zero-order valence-corrected chi connectivity index (χ0v) is 13.9. The topological polar surface area (TPSA) is 12.0 Å². The van der Waals surface area contributed by atoms with Crippen molar-refractivity contribution in [2.24, 2.45) is 0 Å². The third-order valence-electron chi connectivity index (χ3n) is 2.75. The molecule has 2 rings (SSSR count). The molecule has 4 heteroatoms. The van der Waals surface area contributed by atoms with Crippen LogP contribution in [-0.2, 0) is 6.54 Å². The molecule has 0 aliphatic heterocycles. The highest BCUT2D eigenvalue weighted by Gasteiger charge is 2.06. The van der Waals surface area contributed by atoms with Crippen LogP contribution in [0.4, 0.5) is 4.39 Å². The Morgan fingerprint density at radius 1 is 1.15 bits per heavy atom. The van der Waals surface area contributed by atoms with Crippen molar-refractivity contribution >= 4 is 27.7 Å². The second-order valence-corrected chi connectivity index (χ2v) is 6.89. The smallest absolute Gasteiger partial charge is 0.137 e. The lowest BCUT2D eigenvalue weighted by Crippen LogP contribution is -2.21. The van der Waals surface area contributed by atoms with E-state index in [0.29, 0.717) is 17.5 Å². The number of halogens is 2. The van der Waals surface area contributed by atoms with Crippen molar-refractivity contribution in [1.29, 1.82) is 0 Å². The van der Waals surface area contributed by atoms with E-state index < -0.39 is 0 Å². The van der Waals surface area contributed by atoms with E-state index in [-0.39, 0.29) is 5.82 Å². The van der Waals surface area contributed by atoms with Crippen LogP contribution < -0.4 is 5.32 Å². The van der Waals surface area contributed by atoms with E-state index in [4.69, 9.17) is 0 Å². The molecule has 1 N–H and O–H groups in total. The fourth-order valence-electron chi connectivity index (χ4n) is 1.69. The predicted octanol–water partition coefficient (Wildman–Crippen LogP) is 5.24. The molecule has 0 unspecified atom stereocenters. The molecule has 0 saturated heterocycles. The maximum absolute atomic E-state index is 14.1. The molecular formula is C16H17BrFNS. The van der Waals surface area contributed by atoms with Crippen LogP contribution in [0.25, 0.3) is 0 Å². The van der Waals surface area contributed by atoms with Crippen LogP contribution in [0.1, 0.15) is 19.4 Å². The van der Waals surface area contributed by atoms with Gasteiger partial charge in [0.1, 0.15) is 5.82 Å². The summed E-state index contributed by atoms with van der Waals surface area (Å²) in [6.45, 7) is 4.85. The molecule has 2 aromatic carbocycles. The second kappa shape index (κ2) is 7.25. The molecule has 0 heterocycles. The molecule has 20 heavy (non-hydrogen) atoms. The first-order chi connectivity index (χ1) is 9.54. The zero-order valence-electron chi connectivity index (χ0n) is 11.5. The third kappa shape index (κ3) is 4.62. The Morgan fingerprint density at radius 3 is 2.45 bits per heavy atom. The lowest BCUT2D eigenvalue weighted by molar-refractivity contribution is 0.574. The summed E-state index contributed by atoms with van der Waals surface area (Å²) in [5, 5.41) is 3.29. The van der Waals surface area contributed by atoms with Gasteiger partial charge in [0.15, 0.2) is 0 Å². The van der Waals surface area contributed by atoms with E-state index in [1.165, 1.54) is 11.8 Å². The van der Waals surface area contributed by atoms with Crippen molar-refractivity contribution in [3.05, 3.63) is 58.3 Å². The highest BCUT2D eigenvalue weighted by molar-refractivity contribution is 9.10. The first-order valence-corrected chi connectivity index (χ1v) is 8.11. The number of hydrogen-bond donors (Lipinski definition) is 1. The van der Waals surface area contributed by atoms with Gasteiger partial charge in [0, 0.05) is 26.9 Å². The van der Waals surface area contributed by atoms with Gasteiger partial charge in [-0.05, 0) is 42.0 Å². The Balaban J connectivity index is 2.07. The van der Waals surface area contributed by atoms with Crippen molar-refractivity contribution in [2.45, 2.75) is 36.2 Å². The summed E-state index contributed by atoms with van der Waals surface area (Å²) in [7, 11) is 0. The molecule has 0 saturated carbocycles. The molecule has 0 aliphatic carbocycles. The fourth-order valence-corrected chi connectivity index (χ4v) is 2.77. The normalized spacial score (nSPS) is 11.1. The van der Waals surface area contributed by atoms with Gasteiger partial charge in [-0.15, -0.1) is 0 Å². The average molecular weight is 354 g/mol. The Hall–Kier alpha value is -0.840. The fraction of sp³-hybridized carbons (Fsp3) is 0.250. The van der Waals surface area contributed by atoms with Crippen molar-refractivity contribution in [1.82, 2.24) is 5.32 Å². The van der Waals surface area contributed by atoms with Crippen LogP contribution in [-0.4, -0.2) is 6.04 Å². The van der Waals surface area contributed by atoms with Gasteiger partial charge in [0.05, 0.1) is 0 Å². The minimum Gasteiger partial charge on any atom is -0.310 e. The second-order valence-electron chi connectivity index (χ2n) is 4.86. The van der Waals surface area contributed by atoms with Gasteiger partial charge < -0.3 is 5.32 Å². The molecular weight excluding hydrogens is 337 g/mol. The van der Waals surface area contributed by atoms with E-state index in [2.05, 4.69) is 35.1 Å². The Kier molecular flexibility index (Phi) is 5.64. The Bertz CT molecular complexity index is 569. The lowest BCUT2D eigenvalue weighted by Gasteiger charge is -2.09. The van der Waals surface area contributed by atoms with Gasteiger partial charge in [-0.1, -0.05) is 47.6 Å². The summed E-state index contributed by atoms with van der Waals surface area (Å²) in [5.74, 6) is -0.166. The number of nitrogens with one attached hydrogen (secondary N) is 1. The molecule has 0 aromatic heterocycles. The van der Waals surface area contributed by atoms with E-state index in [9.17, 15) is 4.39 Å². The Morgan fingerprint density at radius 2 is 1.85 bits per heavy atom. The van der Waals surface area contributed by atoms with Gasteiger partial charge in [-0.25, -0.2) is 4.39 Å². The number of benzene rings is 2. The highest BCUT2D eigenvalue weighted by atomic mass is 79.9. The SMILES string of the molecule is CC(C)NCc1ccc(Sc2ccc(Br)cc2)c(F)c1. The molecule has 0 aliphatic rings. The van der Waals surface area contributed by atoms with Gasteiger partial charge >= 0.3 is 0 Å². The summed E-state index contributed by atoms with van der Waals surface area (Å²) in [6.07, 6.45) is 0. The van der Waals surface area contributed by atoms with Crippen LogP contribution >= 0.6 is 27.7 Å². The summed E-state index contributed by atoms with van der Waals surface area (Å²) in [6, 6.07) is 13.7. The predicted molar refractivity (Wildman–Crippen MR) is 86.6 cm³/mol. The largest absolute Gasteiger partial charge is 0.310 e. The minimum atomic E-state index is -0.166. The maximum Gasteiger partial charge on any atom is 0.137 e. The van der Waals surface area contributed by atoms with Crippen molar-refractivity contribution in [3.63, 3.8) is 0 Å². The van der Waals surface area contributed by atoms with Crippen molar-refractivity contribution in [3.8, 4) is 0 Å². The van der Waals surface area contributed by atoms with Crippen LogP contribution in [0.15, 0.2) is 56.7 Å². The lowest BCUT2D eigenvalue weighted by atomic mass is 10.2. The summed E-state index contributed by atoms with van der Waals surface area (Å²) >= 11 is 4.83. The van der Waals surface area contributed by atoms with E-state index in [1.54, 1.807) is 6.07 Å². The van der Waals surface area contributed by atoms with Crippen molar-refractivity contribution < 1.29 is 4.39 Å². The quantitative estimate of drug-likeness (QED) is 0.788. The monoisotopic (exact) mass is 353 g/mol. The van der Waals surface area contributed by atoms with E-state index in [0.717, 1.165) is 14.9 Å². The van der Waals surface area contributed by atoms with Gasteiger partial charge in [-0.2, -0.15) is 0 Å². The van der Waals surface area contributed by atoms with E-state index in [1.807, 2.05) is 36.4 Å². The maximum atomic E-state index is 14.1. The van der Waals surface area contributed by atoms with E-state index >= 15 is 0 Å². The molecule has 2 aromatic rings. The Labute approximate surface area is 132 Å². The highest BCUT2D eigenvalue weighted by Crippen LogP contribution is 2.31. The summed E-state index contributed by atoms with van der Waals surface area (Å²) in [5.41, 5.74) is 0.969. The van der Waals surface area contributed by atoms with Gasteiger partial charge in [-0.3, -0.25) is 0 Å². The average Bonchev–Trinajstić information content (AvgIpc) is 2.41. The first kappa shape index (κ1) is 15.5. The first-order valence-electron chi connectivity index (χ1n) is 6.50. The molecule has 0 radical (unpaired) electrons. The minimum absolute atomic E-state index is 0.166. The molecule has 0 atom stereocenters. The summed E-state index contributed by atoms with van der Waals surface area (Å²) in [4.78, 5) is 1.68. The van der Waals surface area contributed by atoms with Gasteiger partial charge in [0.25, 0.3) is 0 Å². The molecule has 106 valence electrons. The number of hydrogen-bond acceptors (Lipinski definition) is 2. The molecule has 0 spiro atoms. The van der Waals surface area contributed by atoms with Crippen molar-refractivity contribution in [2.75, 3.05) is 0 Å². The zero-order chi connectivity index (χ0) is 14.5. The molecule has 0 bridgehead atoms. The van der Waals surface area contributed by atoms with Crippen LogP contribution in [0, 0.1) is 5.82 Å². The van der Waals surface area contributed by atoms with Crippen LogP contribution in [0.2, 0.25) is 0 Å². The van der Waals surface area contributed by atoms with Gasteiger partial charge in [0.2, 0.25) is 0 Å². The number of rotatable bonds is 5. The third-order valence-corrected chi connectivity index (χ3v) is 4.34. The molecule has 0 amide bonds. The van der Waals surface area contributed by atoms with Crippen LogP contribution in [0.3, 0.4) is 0 Å². The standard InChI is InChI=1S/C16H17BrFNS/c1-11(2)19-10-12-3-8-16(15(18)9-12)20-14-6-4-13(17)5-7-14/h3-9,11,19H,10H2,1-2H3. The summed E-state index contributed by atoms with van der Waals surface area (Å²) < 4.78 is 15.1. The molecule has 0 fully saturated rings. The van der Waals surface area contributed by atoms with Crippen LogP contribution in [0.5, 0.6) is 0 Å².